The Morgan fingerprint density at radius 2 is 2.15 bits per heavy atom. The summed E-state index contributed by atoms with van der Waals surface area (Å²) in [5.41, 5.74) is -0.663. The number of fused-ring (bicyclic) bond motifs is 1. The first kappa shape index (κ1) is 19.3. The van der Waals surface area contributed by atoms with Crippen molar-refractivity contribution < 1.29 is 22.8 Å². The molecule has 2 aromatic rings. The number of halogens is 3. The number of nitrogens with zero attached hydrogens (tertiary/aromatic N) is 3. The zero-order valence-electron chi connectivity index (χ0n) is 14.6. The Kier molecular flexibility index (Phi) is 5.18. The number of amides is 2. The molecule has 6 nitrogen and oxygen atoms in total. The minimum absolute atomic E-state index is 0.0262. The fourth-order valence-corrected chi connectivity index (χ4v) is 3.74. The Balaban J connectivity index is 1.86. The van der Waals surface area contributed by atoms with Crippen LogP contribution in [0.5, 0.6) is 0 Å². The number of hydrogen-bond acceptors (Lipinski definition) is 4. The number of thioether (sulfide) groups is 1. The molecule has 0 bridgehead atoms. The molecule has 1 atom stereocenters. The monoisotopic (exact) mass is 398 g/mol. The standard InChI is InChI=1S/C17H17F3N4O2S/c1-3-23-7-6-21-16(23)27-10(2)15(26)24-9-14(25)22-12-8-11(17(18,19)20)4-5-13(12)24/h4-8,10H,3,9H2,1-2H3,(H,22,25). The van der Waals surface area contributed by atoms with E-state index in [9.17, 15) is 22.8 Å². The largest absolute Gasteiger partial charge is 0.416 e. The van der Waals surface area contributed by atoms with E-state index in [0.717, 1.165) is 12.1 Å². The number of hydrogen-bond donors (Lipinski definition) is 1. The third-order valence-corrected chi connectivity index (χ3v) is 5.21. The summed E-state index contributed by atoms with van der Waals surface area (Å²) < 4.78 is 40.6. The summed E-state index contributed by atoms with van der Waals surface area (Å²) in [4.78, 5) is 30.2. The van der Waals surface area contributed by atoms with Crippen LogP contribution in [-0.4, -0.2) is 33.2 Å². The molecule has 0 aliphatic carbocycles. The maximum Gasteiger partial charge on any atom is 0.416 e. The summed E-state index contributed by atoms with van der Waals surface area (Å²) in [7, 11) is 0. The molecule has 1 aliphatic heterocycles. The summed E-state index contributed by atoms with van der Waals surface area (Å²) in [6, 6.07) is 2.95. The Morgan fingerprint density at radius 3 is 2.81 bits per heavy atom. The topological polar surface area (TPSA) is 67.2 Å². The molecule has 0 spiro atoms. The van der Waals surface area contributed by atoms with Crippen LogP contribution in [0.15, 0.2) is 35.7 Å². The average molecular weight is 398 g/mol. The number of alkyl halides is 3. The summed E-state index contributed by atoms with van der Waals surface area (Å²) in [5, 5.41) is 2.49. The van der Waals surface area contributed by atoms with Crippen LogP contribution in [0.25, 0.3) is 0 Å². The van der Waals surface area contributed by atoms with Gasteiger partial charge in [-0.15, -0.1) is 0 Å². The molecule has 0 saturated heterocycles. The van der Waals surface area contributed by atoms with Gasteiger partial charge in [0.05, 0.1) is 22.2 Å². The van der Waals surface area contributed by atoms with E-state index in [0.29, 0.717) is 11.7 Å². The molecular formula is C17H17F3N4O2S. The number of aromatic nitrogens is 2. The predicted molar refractivity (Wildman–Crippen MR) is 95.6 cm³/mol. The third kappa shape index (κ3) is 3.95. The lowest BCUT2D eigenvalue weighted by atomic mass is 10.1. The van der Waals surface area contributed by atoms with E-state index in [1.54, 1.807) is 19.3 Å². The van der Waals surface area contributed by atoms with Gasteiger partial charge in [-0.3, -0.25) is 14.5 Å². The zero-order valence-corrected chi connectivity index (χ0v) is 15.4. The molecule has 1 aromatic heterocycles. The minimum Gasteiger partial charge on any atom is -0.326 e. The van der Waals surface area contributed by atoms with Gasteiger partial charge in [0.2, 0.25) is 11.8 Å². The second kappa shape index (κ2) is 7.26. The van der Waals surface area contributed by atoms with Crippen LogP contribution < -0.4 is 10.2 Å². The molecule has 0 fully saturated rings. The van der Waals surface area contributed by atoms with Crippen molar-refractivity contribution in [2.45, 2.75) is 37.0 Å². The Morgan fingerprint density at radius 1 is 1.41 bits per heavy atom. The third-order valence-electron chi connectivity index (χ3n) is 4.10. The molecule has 1 aromatic carbocycles. The van der Waals surface area contributed by atoms with Crippen LogP contribution in [0.2, 0.25) is 0 Å². The van der Waals surface area contributed by atoms with E-state index in [2.05, 4.69) is 10.3 Å². The van der Waals surface area contributed by atoms with Gasteiger partial charge in [0.25, 0.3) is 0 Å². The van der Waals surface area contributed by atoms with E-state index < -0.39 is 22.9 Å². The van der Waals surface area contributed by atoms with Crippen molar-refractivity contribution >= 4 is 35.0 Å². The molecule has 1 unspecified atom stereocenters. The SMILES string of the molecule is CCn1ccnc1SC(C)C(=O)N1CC(=O)Nc2cc(C(F)(F)F)ccc21. The van der Waals surface area contributed by atoms with Crippen molar-refractivity contribution in [1.29, 1.82) is 0 Å². The number of carbonyl (C=O) groups is 2. The van der Waals surface area contributed by atoms with Crippen LogP contribution in [-0.2, 0) is 22.3 Å². The minimum atomic E-state index is -4.54. The molecule has 3 rings (SSSR count). The van der Waals surface area contributed by atoms with Gasteiger partial charge in [-0.05, 0) is 32.0 Å². The smallest absolute Gasteiger partial charge is 0.326 e. The molecule has 1 aliphatic rings. The van der Waals surface area contributed by atoms with E-state index >= 15 is 0 Å². The van der Waals surface area contributed by atoms with E-state index in [-0.39, 0.29) is 23.8 Å². The zero-order chi connectivity index (χ0) is 19.8. The first-order valence-corrected chi connectivity index (χ1v) is 9.09. The Bertz CT molecular complexity index is 881. The lowest BCUT2D eigenvalue weighted by Crippen LogP contribution is -2.45. The van der Waals surface area contributed by atoms with Crippen molar-refractivity contribution in [3.8, 4) is 0 Å². The molecule has 1 N–H and O–H groups in total. The number of anilines is 2. The number of nitrogens with one attached hydrogen (secondary N) is 1. The first-order valence-electron chi connectivity index (χ1n) is 8.21. The van der Waals surface area contributed by atoms with E-state index in [1.165, 1.54) is 22.7 Å². The van der Waals surface area contributed by atoms with Gasteiger partial charge in [-0.25, -0.2) is 4.98 Å². The van der Waals surface area contributed by atoms with Crippen LogP contribution in [0.3, 0.4) is 0 Å². The number of aryl methyl sites for hydroxylation is 1. The molecule has 2 amide bonds. The van der Waals surface area contributed by atoms with Crippen molar-refractivity contribution in [3.63, 3.8) is 0 Å². The van der Waals surface area contributed by atoms with Crippen molar-refractivity contribution in [2.75, 3.05) is 16.8 Å². The summed E-state index contributed by atoms with van der Waals surface area (Å²) >= 11 is 1.24. The van der Waals surface area contributed by atoms with Gasteiger partial charge in [0.1, 0.15) is 6.54 Å². The van der Waals surface area contributed by atoms with Gasteiger partial charge >= 0.3 is 6.18 Å². The lowest BCUT2D eigenvalue weighted by molar-refractivity contribution is -0.137. The van der Waals surface area contributed by atoms with Crippen molar-refractivity contribution in [2.24, 2.45) is 0 Å². The van der Waals surface area contributed by atoms with Crippen molar-refractivity contribution in [1.82, 2.24) is 9.55 Å². The van der Waals surface area contributed by atoms with Gasteiger partial charge < -0.3 is 9.88 Å². The quantitative estimate of drug-likeness (QED) is 0.802. The summed E-state index contributed by atoms with van der Waals surface area (Å²) in [5.74, 6) is -0.913. The number of rotatable bonds is 4. The lowest BCUT2D eigenvalue weighted by Gasteiger charge is -2.31. The molecule has 0 radical (unpaired) electrons. The van der Waals surface area contributed by atoms with Crippen LogP contribution >= 0.6 is 11.8 Å². The van der Waals surface area contributed by atoms with Crippen LogP contribution in [0, 0.1) is 0 Å². The van der Waals surface area contributed by atoms with E-state index in [4.69, 9.17) is 0 Å². The molecular weight excluding hydrogens is 381 g/mol. The highest BCUT2D eigenvalue weighted by Gasteiger charge is 2.35. The second-order valence-electron chi connectivity index (χ2n) is 5.96. The van der Waals surface area contributed by atoms with Gasteiger partial charge in [-0.2, -0.15) is 13.2 Å². The highest BCUT2D eigenvalue weighted by atomic mass is 32.2. The van der Waals surface area contributed by atoms with Gasteiger partial charge in [0, 0.05) is 18.9 Å². The van der Waals surface area contributed by atoms with Gasteiger partial charge in [0.15, 0.2) is 5.16 Å². The second-order valence-corrected chi connectivity index (χ2v) is 7.27. The van der Waals surface area contributed by atoms with Crippen LogP contribution in [0.1, 0.15) is 19.4 Å². The normalized spacial score (nSPS) is 15.3. The molecule has 0 saturated carbocycles. The average Bonchev–Trinajstić information content (AvgIpc) is 3.06. The molecule has 144 valence electrons. The number of carbonyl (C=O) groups excluding carboxylic acids is 2. The Hall–Kier alpha value is -2.49. The predicted octanol–water partition coefficient (Wildman–Crippen LogP) is 3.39. The maximum absolute atomic E-state index is 12.9. The van der Waals surface area contributed by atoms with E-state index in [1.807, 2.05) is 11.5 Å². The molecule has 2 heterocycles. The molecule has 27 heavy (non-hydrogen) atoms. The molecule has 10 heteroatoms. The highest BCUT2D eigenvalue weighted by molar-refractivity contribution is 8.00. The number of imidazole rings is 1. The highest BCUT2D eigenvalue weighted by Crippen LogP contribution is 2.37. The van der Waals surface area contributed by atoms with Crippen LogP contribution in [0.4, 0.5) is 24.5 Å². The number of benzene rings is 1. The summed E-state index contributed by atoms with van der Waals surface area (Å²) in [6.07, 6.45) is -1.11. The Labute approximate surface area is 157 Å². The van der Waals surface area contributed by atoms with Gasteiger partial charge in [-0.1, -0.05) is 11.8 Å². The van der Waals surface area contributed by atoms with Crippen molar-refractivity contribution in [3.05, 3.63) is 36.2 Å². The maximum atomic E-state index is 12.9. The fourth-order valence-electron chi connectivity index (χ4n) is 2.75. The first-order chi connectivity index (χ1) is 12.7. The fraction of sp³-hybridized carbons (Fsp3) is 0.353. The summed E-state index contributed by atoms with van der Waals surface area (Å²) in [6.45, 7) is 4.07.